The number of nitrogens with zero attached hydrogens (tertiary/aromatic N) is 6. The van der Waals surface area contributed by atoms with E-state index in [2.05, 4.69) is 37.5 Å². The van der Waals surface area contributed by atoms with Crippen LogP contribution in [0.5, 0.6) is 0 Å². The van der Waals surface area contributed by atoms with Gasteiger partial charge in [-0.2, -0.15) is 15.0 Å². The highest BCUT2D eigenvalue weighted by Crippen LogP contribution is 2.13. The molecule has 0 aliphatic rings. The molecule has 2 N–H and O–H groups in total. The zero-order chi connectivity index (χ0) is 15.9. The molecule has 120 valence electrons. The van der Waals surface area contributed by atoms with Crippen LogP contribution in [0.3, 0.4) is 0 Å². The Labute approximate surface area is 129 Å². The van der Waals surface area contributed by atoms with Gasteiger partial charge in [-0.25, -0.2) is 10.0 Å². The summed E-state index contributed by atoms with van der Waals surface area (Å²) in [6.07, 6.45) is 4.63. The maximum Gasteiger partial charge on any atom is 0.256 e. The van der Waals surface area contributed by atoms with Crippen LogP contribution in [0.4, 0.5) is 17.8 Å². The topological polar surface area (TPSA) is 93.0 Å². The van der Waals surface area contributed by atoms with Crippen molar-refractivity contribution >= 4 is 17.8 Å². The Hall–Kier alpha value is -2.42. The minimum absolute atomic E-state index is 0.429. The van der Waals surface area contributed by atoms with Gasteiger partial charge in [-0.05, 0) is 6.42 Å². The zero-order valence-corrected chi connectivity index (χ0v) is 13.4. The van der Waals surface area contributed by atoms with E-state index in [4.69, 9.17) is 4.84 Å². The number of rotatable bonds is 8. The summed E-state index contributed by atoms with van der Waals surface area (Å²) in [6, 6.07) is 0. The maximum atomic E-state index is 5.13. The van der Waals surface area contributed by atoms with E-state index in [9.17, 15) is 0 Å². The quantitative estimate of drug-likeness (QED) is 0.699. The molecule has 0 aliphatic carbocycles. The second-order valence-electron chi connectivity index (χ2n) is 4.70. The Bertz CT molecular complexity index is 599. The summed E-state index contributed by atoms with van der Waals surface area (Å²) in [5.74, 6) is 2.30. The Morgan fingerprint density at radius 1 is 1.23 bits per heavy atom. The van der Waals surface area contributed by atoms with Crippen LogP contribution in [0.15, 0.2) is 12.4 Å². The summed E-state index contributed by atoms with van der Waals surface area (Å²) in [7, 11) is 5.24. The van der Waals surface area contributed by atoms with Crippen molar-refractivity contribution in [1.82, 2.24) is 24.5 Å². The lowest BCUT2D eigenvalue weighted by Crippen LogP contribution is -2.20. The second-order valence-corrected chi connectivity index (χ2v) is 4.70. The molecule has 0 radical (unpaired) electrons. The first kappa shape index (κ1) is 16.0. The van der Waals surface area contributed by atoms with E-state index in [1.165, 1.54) is 5.06 Å². The normalized spacial score (nSPS) is 10.5. The number of aromatic nitrogens is 5. The van der Waals surface area contributed by atoms with Crippen molar-refractivity contribution in [3.05, 3.63) is 18.2 Å². The average molecular weight is 306 g/mol. The summed E-state index contributed by atoms with van der Waals surface area (Å²) >= 11 is 0. The van der Waals surface area contributed by atoms with Gasteiger partial charge in [0.2, 0.25) is 11.9 Å². The van der Waals surface area contributed by atoms with E-state index in [1.54, 1.807) is 20.4 Å². The van der Waals surface area contributed by atoms with Gasteiger partial charge in [0.15, 0.2) is 0 Å². The molecule has 2 heterocycles. The van der Waals surface area contributed by atoms with Crippen LogP contribution in [-0.2, 0) is 18.4 Å². The molecular weight excluding hydrogens is 284 g/mol. The van der Waals surface area contributed by atoms with Gasteiger partial charge in [-0.15, -0.1) is 0 Å². The standard InChI is InChI=1S/C13H22N8O/c1-5-6-15-11-17-12(19-13(18-11)21(3)22-4)16-9-10-14-7-8-20(10)2/h7-8H,5-6,9H2,1-4H3,(H2,15,16,17,18,19). The molecule has 9 heteroatoms. The number of aryl methyl sites for hydroxylation is 1. The molecule has 2 rings (SSSR count). The number of nitrogens with one attached hydrogen (secondary N) is 2. The Balaban J connectivity index is 2.15. The summed E-state index contributed by atoms with van der Waals surface area (Å²) in [4.78, 5) is 22.4. The van der Waals surface area contributed by atoms with Crippen molar-refractivity contribution < 1.29 is 4.84 Å². The molecule has 22 heavy (non-hydrogen) atoms. The maximum absolute atomic E-state index is 5.13. The van der Waals surface area contributed by atoms with Crippen LogP contribution >= 0.6 is 0 Å². The number of anilines is 3. The van der Waals surface area contributed by atoms with Gasteiger partial charge in [-0.3, -0.25) is 4.84 Å². The van der Waals surface area contributed by atoms with Crippen LogP contribution in [0.2, 0.25) is 0 Å². The van der Waals surface area contributed by atoms with E-state index in [-0.39, 0.29) is 0 Å². The Kier molecular flexibility index (Phi) is 5.48. The highest BCUT2D eigenvalue weighted by Gasteiger charge is 2.10. The van der Waals surface area contributed by atoms with Crippen LogP contribution < -0.4 is 15.7 Å². The first-order valence-electron chi connectivity index (χ1n) is 7.12. The fourth-order valence-electron chi connectivity index (χ4n) is 1.71. The van der Waals surface area contributed by atoms with Crippen LogP contribution in [0.1, 0.15) is 19.2 Å². The molecule has 0 atom stereocenters. The van der Waals surface area contributed by atoms with Crippen molar-refractivity contribution in [2.24, 2.45) is 7.05 Å². The third-order valence-corrected chi connectivity index (χ3v) is 3.04. The summed E-state index contributed by atoms with van der Waals surface area (Å²) < 4.78 is 1.94. The minimum atomic E-state index is 0.429. The largest absolute Gasteiger partial charge is 0.354 e. The smallest absolute Gasteiger partial charge is 0.256 e. The lowest BCUT2D eigenvalue weighted by molar-refractivity contribution is 0.180. The molecule has 0 aromatic carbocycles. The van der Waals surface area contributed by atoms with Crippen LogP contribution in [-0.4, -0.2) is 45.2 Å². The fourth-order valence-corrected chi connectivity index (χ4v) is 1.71. The van der Waals surface area contributed by atoms with Crippen LogP contribution in [0, 0.1) is 0 Å². The molecule has 0 fully saturated rings. The first-order chi connectivity index (χ1) is 10.6. The van der Waals surface area contributed by atoms with Gasteiger partial charge in [0, 0.05) is 33.0 Å². The van der Waals surface area contributed by atoms with Crippen LogP contribution in [0.25, 0.3) is 0 Å². The molecule has 0 bridgehead atoms. The first-order valence-corrected chi connectivity index (χ1v) is 7.12. The molecule has 0 saturated carbocycles. The van der Waals surface area contributed by atoms with Crippen molar-refractivity contribution in [2.45, 2.75) is 19.9 Å². The predicted octanol–water partition coefficient (Wildman–Crippen LogP) is 1.04. The number of hydroxylamine groups is 1. The van der Waals surface area contributed by atoms with E-state index in [1.807, 2.05) is 17.8 Å². The third kappa shape index (κ3) is 4.04. The zero-order valence-electron chi connectivity index (χ0n) is 13.4. The van der Waals surface area contributed by atoms with Crippen molar-refractivity contribution in [3.63, 3.8) is 0 Å². The number of hydrogen-bond donors (Lipinski definition) is 2. The number of hydrogen-bond acceptors (Lipinski definition) is 8. The predicted molar refractivity (Wildman–Crippen MR) is 84.6 cm³/mol. The molecular formula is C13H22N8O. The monoisotopic (exact) mass is 306 g/mol. The molecule has 9 nitrogen and oxygen atoms in total. The lowest BCUT2D eigenvalue weighted by atomic mass is 10.5. The highest BCUT2D eigenvalue weighted by molar-refractivity contribution is 5.42. The van der Waals surface area contributed by atoms with Gasteiger partial charge in [-0.1, -0.05) is 6.92 Å². The van der Waals surface area contributed by atoms with Crippen molar-refractivity contribution in [3.8, 4) is 0 Å². The van der Waals surface area contributed by atoms with Gasteiger partial charge in [0.25, 0.3) is 5.95 Å². The van der Waals surface area contributed by atoms with E-state index in [0.29, 0.717) is 24.4 Å². The minimum Gasteiger partial charge on any atom is -0.354 e. The summed E-state index contributed by atoms with van der Waals surface area (Å²) in [5, 5.41) is 7.79. The fraction of sp³-hybridized carbons (Fsp3) is 0.538. The van der Waals surface area contributed by atoms with Gasteiger partial charge in [0.05, 0.1) is 13.7 Å². The van der Waals surface area contributed by atoms with Gasteiger partial charge in [0.1, 0.15) is 5.82 Å². The Morgan fingerprint density at radius 2 is 1.95 bits per heavy atom. The average Bonchev–Trinajstić information content (AvgIpc) is 2.95. The molecule has 0 saturated heterocycles. The molecule has 0 aliphatic heterocycles. The Morgan fingerprint density at radius 3 is 2.55 bits per heavy atom. The molecule has 0 spiro atoms. The molecule has 2 aromatic heterocycles. The van der Waals surface area contributed by atoms with Gasteiger partial charge < -0.3 is 15.2 Å². The molecule has 0 amide bonds. The highest BCUT2D eigenvalue weighted by atomic mass is 16.7. The van der Waals surface area contributed by atoms with Crippen molar-refractivity contribution in [2.75, 3.05) is 36.4 Å². The number of imidazole rings is 1. The molecule has 0 unspecified atom stereocenters. The van der Waals surface area contributed by atoms with Crippen molar-refractivity contribution in [1.29, 1.82) is 0 Å². The van der Waals surface area contributed by atoms with E-state index in [0.717, 1.165) is 18.8 Å². The van der Waals surface area contributed by atoms with Gasteiger partial charge >= 0.3 is 0 Å². The summed E-state index contributed by atoms with van der Waals surface area (Å²) in [5.41, 5.74) is 0. The van der Waals surface area contributed by atoms with E-state index < -0.39 is 0 Å². The SMILES string of the molecule is CCCNc1nc(NCc2nccn2C)nc(N(C)OC)n1. The van der Waals surface area contributed by atoms with E-state index >= 15 is 0 Å². The third-order valence-electron chi connectivity index (χ3n) is 3.04. The summed E-state index contributed by atoms with van der Waals surface area (Å²) in [6.45, 7) is 3.40. The molecule has 2 aromatic rings. The second kappa shape index (κ2) is 7.55. The lowest BCUT2D eigenvalue weighted by Gasteiger charge is -2.15.